The number of anilines is 1. The molecule has 1 heterocycles. The highest BCUT2D eigenvalue weighted by Crippen LogP contribution is 2.22. The van der Waals surface area contributed by atoms with E-state index in [0.717, 1.165) is 18.2 Å². The van der Waals surface area contributed by atoms with Crippen LogP contribution >= 0.6 is 11.3 Å². The van der Waals surface area contributed by atoms with Crippen LogP contribution in [0.1, 0.15) is 10.4 Å². The molecule has 0 aliphatic rings. The Kier molecular flexibility index (Phi) is 3.65. The fourth-order valence-corrected chi connectivity index (χ4v) is 2.75. The molecule has 2 aromatic rings. The minimum absolute atomic E-state index is 0.182. The SMILES string of the molecule is NS(=O)(=O)c1ccc(F)cc1NC(=O)c1ccsc1. The molecule has 0 saturated heterocycles. The second kappa shape index (κ2) is 5.08. The van der Waals surface area contributed by atoms with E-state index in [2.05, 4.69) is 5.32 Å². The third-order valence-electron chi connectivity index (χ3n) is 2.28. The van der Waals surface area contributed by atoms with Crippen molar-refractivity contribution < 1.29 is 17.6 Å². The lowest BCUT2D eigenvalue weighted by Gasteiger charge is -2.09. The van der Waals surface area contributed by atoms with Gasteiger partial charge in [0.2, 0.25) is 10.0 Å². The molecule has 8 heteroatoms. The maximum absolute atomic E-state index is 13.1. The molecular weight excluding hydrogens is 291 g/mol. The Labute approximate surface area is 112 Å². The molecule has 1 aromatic heterocycles. The second-order valence-electron chi connectivity index (χ2n) is 3.65. The van der Waals surface area contributed by atoms with Crippen LogP contribution in [0.25, 0.3) is 0 Å². The van der Waals surface area contributed by atoms with E-state index in [4.69, 9.17) is 5.14 Å². The standard InChI is InChI=1S/C11H9FN2O3S2/c12-8-1-2-10(19(13,16)17)9(5-8)14-11(15)7-3-4-18-6-7/h1-6H,(H,14,15)(H2,13,16,17). The lowest BCUT2D eigenvalue weighted by Crippen LogP contribution is -2.18. The first kappa shape index (κ1) is 13.7. The van der Waals surface area contributed by atoms with Crippen molar-refractivity contribution in [2.24, 2.45) is 5.14 Å². The van der Waals surface area contributed by atoms with E-state index in [-0.39, 0.29) is 10.6 Å². The highest BCUT2D eigenvalue weighted by atomic mass is 32.2. The number of benzene rings is 1. The number of sulfonamides is 1. The number of hydrogen-bond donors (Lipinski definition) is 2. The predicted octanol–water partition coefficient (Wildman–Crippen LogP) is 1.79. The van der Waals surface area contributed by atoms with Crippen LogP contribution in [0, 0.1) is 5.82 Å². The van der Waals surface area contributed by atoms with Crippen molar-refractivity contribution in [1.82, 2.24) is 0 Å². The first-order valence-electron chi connectivity index (χ1n) is 5.04. The molecule has 0 aliphatic carbocycles. The quantitative estimate of drug-likeness (QED) is 0.905. The normalized spacial score (nSPS) is 11.3. The number of nitrogens with two attached hydrogens (primary N) is 1. The third-order valence-corrected chi connectivity index (χ3v) is 3.93. The maximum atomic E-state index is 13.1. The smallest absolute Gasteiger partial charge is 0.256 e. The van der Waals surface area contributed by atoms with E-state index >= 15 is 0 Å². The van der Waals surface area contributed by atoms with Crippen molar-refractivity contribution >= 4 is 33.0 Å². The van der Waals surface area contributed by atoms with Crippen LogP contribution in [0.4, 0.5) is 10.1 Å². The molecule has 0 bridgehead atoms. The minimum atomic E-state index is -4.04. The number of thiophene rings is 1. The summed E-state index contributed by atoms with van der Waals surface area (Å²) in [5, 5.41) is 10.6. The maximum Gasteiger partial charge on any atom is 0.256 e. The lowest BCUT2D eigenvalue weighted by molar-refractivity contribution is 0.102. The zero-order chi connectivity index (χ0) is 14.0. The molecule has 19 heavy (non-hydrogen) atoms. The Morgan fingerprint density at radius 1 is 1.32 bits per heavy atom. The second-order valence-corrected chi connectivity index (χ2v) is 5.96. The van der Waals surface area contributed by atoms with E-state index in [9.17, 15) is 17.6 Å². The largest absolute Gasteiger partial charge is 0.321 e. The molecule has 1 amide bonds. The summed E-state index contributed by atoms with van der Waals surface area (Å²) in [6, 6.07) is 4.44. The van der Waals surface area contributed by atoms with Gasteiger partial charge >= 0.3 is 0 Å². The Bertz CT molecular complexity index is 712. The van der Waals surface area contributed by atoms with E-state index in [0.29, 0.717) is 5.56 Å². The summed E-state index contributed by atoms with van der Waals surface area (Å²) >= 11 is 1.31. The van der Waals surface area contributed by atoms with Gasteiger partial charge in [-0.15, -0.1) is 0 Å². The number of rotatable bonds is 3. The minimum Gasteiger partial charge on any atom is -0.321 e. The molecular formula is C11H9FN2O3S2. The van der Waals surface area contributed by atoms with Gasteiger partial charge < -0.3 is 5.32 Å². The van der Waals surface area contributed by atoms with Crippen LogP contribution in [0.3, 0.4) is 0 Å². The number of hydrogen-bond acceptors (Lipinski definition) is 4. The fraction of sp³-hybridized carbons (Fsp3) is 0. The number of primary sulfonamides is 1. The highest BCUT2D eigenvalue weighted by molar-refractivity contribution is 7.89. The molecule has 0 spiro atoms. The summed E-state index contributed by atoms with van der Waals surface area (Å²) in [6.45, 7) is 0. The molecule has 5 nitrogen and oxygen atoms in total. The summed E-state index contributed by atoms with van der Waals surface area (Å²) in [4.78, 5) is 11.5. The highest BCUT2D eigenvalue weighted by Gasteiger charge is 2.17. The van der Waals surface area contributed by atoms with Crippen molar-refractivity contribution in [3.63, 3.8) is 0 Å². The number of carbonyl (C=O) groups excluding carboxylic acids is 1. The molecule has 0 fully saturated rings. The molecule has 100 valence electrons. The Hall–Kier alpha value is -1.77. The van der Waals surface area contributed by atoms with Gasteiger partial charge in [0.25, 0.3) is 5.91 Å². The molecule has 0 radical (unpaired) electrons. The molecule has 3 N–H and O–H groups in total. The molecule has 0 aliphatic heterocycles. The topological polar surface area (TPSA) is 89.3 Å². The Balaban J connectivity index is 2.39. The first-order chi connectivity index (χ1) is 8.88. The van der Waals surface area contributed by atoms with Crippen LogP contribution in [-0.4, -0.2) is 14.3 Å². The van der Waals surface area contributed by atoms with Crippen molar-refractivity contribution in [1.29, 1.82) is 0 Å². The number of carbonyl (C=O) groups is 1. The summed E-state index contributed by atoms with van der Waals surface area (Å²) < 4.78 is 35.8. The summed E-state index contributed by atoms with van der Waals surface area (Å²) in [5.74, 6) is -1.20. The van der Waals surface area contributed by atoms with E-state index < -0.39 is 21.7 Å². The number of halogens is 1. The molecule has 2 rings (SSSR count). The van der Waals surface area contributed by atoms with Crippen molar-refractivity contribution in [3.05, 3.63) is 46.4 Å². The zero-order valence-corrected chi connectivity index (χ0v) is 11.1. The monoisotopic (exact) mass is 300 g/mol. The Morgan fingerprint density at radius 2 is 2.05 bits per heavy atom. The number of amides is 1. The van der Waals surface area contributed by atoms with Crippen LogP contribution < -0.4 is 10.5 Å². The van der Waals surface area contributed by atoms with E-state index in [1.54, 1.807) is 16.8 Å². The van der Waals surface area contributed by atoms with Crippen molar-refractivity contribution in [2.45, 2.75) is 4.90 Å². The molecule has 0 saturated carbocycles. The average molecular weight is 300 g/mol. The molecule has 0 atom stereocenters. The van der Waals surface area contributed by atoms with Gasteiger partial charge in [0.15, 0.2) is 0 Å². The molecule has 1 aromatic carbocycles. The lowest BCUT2D eigenvalue weighted by atomic mass is 10.2. The summed E-state index contributed by atoms with van der Waals surface area (Å²) in [5.41, 5.74) is 0.174. The van der Waals surface area contributed by atoms with Crippen molar-refractivity contribution in [2.75, 3.05) is 5.32 Å². The molecule has 0 unspecified atom stereocenters. The van der Waals surface area contributed by atoms with Crippen molar-refractivity contribution in [3.8, 4) is 0 Å². The predicted molar refractivity (Wildman–Crippen MR) is 70.0 cm³/mol. The Morgan fingerprint density at radius 3 is 2.63 bits per heavy atom. The van der Waals surface area contributed by atoms with Crippen LogP contribution in [0.2, 0.25) is 0 Å². The van der Waals surface area contributed by atoms with E-state index in [1.165, 1.54) is 11.3 Å². The first-order valence-corrected chi connectivity index (χ1v) is 7.53. The van der Waals surface area contributed by atoms with Crippen LogP contribution in [0.5, 0.6) is 0 Å². The van der Waals surface area contributed by atoms with Crippen LogP contribution in [0.15, 0.2) is 39.9 Å². The average Bonchev–Trinajstić information content (AvgIpc) is 2.80. The van der Waals surface area contributed by atoms with Crippen LogP contribution in [-0.2, 0) is 10.0 Å². The van der Waals surface area contributed by atoms with Gasteiger partial charge in [-0.25, -0.2) is 17.9 Å². The zero-order valence-electron chi connectivity index (χ0n) is 9.46. The van der Waals surface area contributed by atoms with Gasteiger partial charge in [0.1, 0.15) is 10.7 Å². The number of nitrogens with one attached hydrogen (secondary N) is 1. The van der Waals surface area contributed by atoms with Gasteiger partial charge in [0.05, 0.1) is 11.3 Å². The van der Waals surface area contributed by atoms with Gasteiger partial charge in [-0.1, -0.05) is 0 Å². The fourth-order valence-electron chi connectivity index (χ4n) is 1.44. The summed E-state index contributed by atoms with van der Waals surface area (Å²) in [6.07, 6.45) is 0. The van der Waals surface area contributed by atoms with Gasteiger partial charge in [-0.05, 0) is 29.6 Å². The van der Waals surface area contributed by atoms with Gasteiger partial charge in [-0.2, -0.15) is 11.3 Å². The summed E-state index contributed by atoms with van der Waals surface area (Å²) in [7, 11) is -4.04. The van der Waals surface area contributed by atoms with Gasteiger partial charge in [-0.3, -0.25) is 4.79 Å². The van der Waals surface area contributed by atoms with E-state index in [1.807, 2.05) is 0 Å². The van der Waals surface area contributed by atoms with Gasteiger partial charge in [0, 0.05) is 5.38 Å². The third kappa shape index (κ3) is 3.16.